The van der Waals surface area contributed by atoms with Crippen molar-refractivity contribution in [3.05, 3.63) is 35.4 Å². The number of hydrogen-bond donors (Lipinski definition) is 3. The number of carbonyl (C=O) groups is 3. The van der Waals surface area contributed by atoms with Gasteiger partial charge in [0.2, 0.25) is 5.91 Å². The molecule has 7 nitrogen and oxygen atoms in total. The molecule has 26 heavy (non-hydrogen) atoms. The van der Waals surface area contributed by atoms with Gasteiger partial charge in [-0.3, -0.25) is 30.1 Å². The summed E-state index contributed by atoms with van der Waals surface area (Å²) in [5, 5.41) is 3.57. The molecule has 8 heteroatoms. The molecule has 1 aliphatic carbocycles. The van der Waals surface area contributed by atoms with Gasteiger partial charge in [-0.25, -0.2) is 0 Å². The molecule has 0 spiro atoms. The molecule has 1 aromatic carbocycles. The van der Waals surface area contributed by atoms with E-state index in [0.717, 1.165) is 12.8 Å². The van der Waals surface area contributed by atoms with E-state index in [1.807, 2.05) is 0 Å². The number of rotatable bonds is 5. The van der Waals surface area contributed by atoms with Gasteiger partial charge in [-0.15, -0.1) is 0 Å². The van der Waals surface area contributed by atoms with E-state index in [9.17, 15) is 14.4 Å². The molecule has 3 amide bonds. The van der Waals surface area contributed by atoms with Crippen LogP contribution in [0.25, 0.3) is 0 Å². The number of fused-ring (bicyclic) bond motifs is 1. The molecule has 1 fully saturated rings. The van der Waals surface area contributed by atoms with Gasteiger partial charge in [0.25, 0.3) is 11.8 Å². The van der Waals surface area contributed by atoms with Crippen molar-refractivity contribution in [1.29, 1.82) is 0 Å². The molecule has 0 atom stereocenters. The van der Waals surface area contributed by atoms with Crippen molar-refractivity contribution in [3.63, 3.8) is 0 Å². The zero-order valence-electron chi connectivity index (χ0n) is 14.4. The highest BCUT2D eigenvalue weighted by molar-refractivity contribution is 7.80. The van der Waals surface area contributed by atoms with Gasteiger partial charge in [0.1, 0.15) is 0 Å². The lowest BCUT2D eigenvalue weighted by Gasteiger charge is -2.16. The van der Waals surface area contributed by atoms with Crippen LogP contribution in [0.4, 0.5) is 0 Å². The number of carbonyl (C=O) groups excluding carboxylic acids is 3. The fourth-order valence-electron chi connectivity index (χ4n) is 3.32. The lowest BCUT2D eigenvalue weighted by molar-refractivity contribution is -0.121. The molecule has 0 aromatic heterocycles. The summed E-state index contributed by atoms with van der Waals surface area (Å²) in [5.74, 6) is -0.839. The standard InChI is InChI=1S/C18H22N4O3S/c23-15(20-21-18(26)19-12-6-1-2-7-12)10-5-11-22-16(24)13-8-3-4-9-14(13)17(22)25/h3-4,8-9,12H,1-2,5-7,10-11H2,(H,20,23)(H2,19,21,26). The smallest absolute Gasteiger partial charge is 0.261 e. The number of nitrogens with one attached hydrogen (secondary N) is 3. The number of imide groups is 1. The monoisotopic (exact) mass is 374 g/mol. The topological polar surface area (TPSA) is 90.5 Å². The molecule has 1 aliphatic heterocycles. The summed E-state index contributed by atoms with van der Waals surface area (Å²) in [6, 6.07) is 7.12. The van der Waals surface area contributed by atoms with E-state index in [1.54, 1.807) is 24.3 Å². The van der Waals surface area contributed by atoms with Gasteiger partial charge in [-0.2, -0.15) is 0 Å². The first-order chi connectivity index (χ1) is 12.6. The summed E-state index contributed by atoms with van der Waals surface area (Å²) in [6.45, 7) is 0.213. The van der Waals surface area contributed by atoms with E-state index in [0.29, 0.717) is 28.7 Å². The molecule has 3 rings (SSSR count). The number of hydrazine groups is 1. The normalized spacial score (nSPS) is 16.5. The van der Waals surface area contributed by atoms with Crippen molar-refractivity contribution < 1.29 is 14.4 Å². The minimum Gasteiger partial charge on any atom is -0.359 e. The van der Waals surface area contributed by atoms with Gasteiger partial charge in [-0.1, -0.05) is 25.0 Å². The maximum atomic E-state index is 12.2. The molecule has 1 heterocycles. The molecule has 0 unspecified atom stereocenters. The van der Waals surface area contributed by atoms with Crippen LogP contribution in [-0.2, 0) is 4.79 Å². The minimum atomic E-state index is -0.300. The van der Waals surface area contributed by atoms with E-state index in [4.69, 9.17) is 12.2 Å². The van der Waals surface area contributed by atoms with Crippen LogP contribution in [0.5, 0.6) is 0 Å². The van der Waals surface area contributed by atoms with Crippen LogP contribution >= 0.6 is 12.2 Å². The first-order valence-corrected chi connectivity index (χ1v) is 9.27. The van der Waals surface area contributed by atoms with Gasteiger partial charge in [0.15, 0.2) is 5.11 Å². The Morgan fingerprint density at radius 2 is 1.69 bits per heavy atom. The van der Waals surface area contributed by atoms with Crippen LogP contribution in [0.15, 0.2) is 24.3 Å². The largest absolute Gasteiger partial charge is 0.359 e. The molecule has 138 valence electrons. The average Bonchev–Trinajstić information content (AvgIpc) is 3.23. The van der Waals surface area contributed by atoms with Crippen molar-refractivity contribution in [2.45, 2.75) is 44.6 Å². The molecule has 3 N–H and O–H groups in total. The molecule has 0 saturated heterocycles. The quantitative estimate of drug-likeness (QED) is 0.411. The molecule has 2 aliphatic rings. The van der Waals surface area contributed by atoms with Gasteiger partial charge >= 0.3 is 0 Å². The first-order valence-electron chi connectivity index (χ1n) is 8.87. The Hall–Kier alpha value is -2.48. The number of benzene rings is 1. The second kappa shape index (κ2) is 8.27. The molecule has 0 radical (unpaired) electrons. The highest BCUT2D eigenvalue weighted by Gasteiger charge is 2.34. The molecule has 1 aromatic rings. The zero-order valence-corrected chi connectivity index (χ0v) is 15.2. The summed E-state index contributed by atoms with van der Waals surface area (Å²) < 4.78 is 0. The number of thiocarbonyl (C=S) groups is 1. The van der Waals surface area contributed by atoms with E-state index in [-0.39, 0.29) is 30.7 Å². The minimum absolute atomic E-state index is 0.187. The maximum Gasteiger partial charge on any atom is 0.261 e. The van der Waals surface area contributed by atoms with Crippen LogP contribution < -0.4 is 16.2 Å². The highest BCUT2D eigenvalue weighted by Crippen LogP contribution is 2.22. The lowest BCUT2D eigenvalue weighted by atomic mass is 10.1. The van der Waals surface area contributed by atoms with Crippen LogP contribution in [0.3, 0.4) is 0 Å². The maximum absolute atomic E-state index is 12.2. The van der Waals surface area contributed by atoms with E-state index in [1.165, 1.54) is 17.7 Å². The third-order valence-corrected chi connectivity index (χ3v) is 4.89. The number of amides is 3. The first kappa shape index (κ1) is 18.3. The number of hydrogen-bond acceptors (Lipinski definition) is 4. The second-order valence-corrected chi connectivity index (χ2v) is 6.95. The predicted molar refractivity (Wildman–Crippen MR) is 100 cm³/mol. The third kappa shape index (κ3) is 4.19. The number of nitrogens with zero attached hydrogens (tertiary/aromatic N) is 1. The van der Waals surface area contributed by atoms with E-state index >= 15 is 0 Å². The molecular weight excluding hydrogens is 352 g/mol. The van der Waals surface area contributed by atoms with Gasteiger partial charge in [0, 0.05) is 19.0 Å². The van der Waals surface area contributed by atoms with Crippen LogP contribution in [0.1, 0.15) is 59.2 Å². The van der Waals surface area contributed by atoms with Crippen molar-refractivity contribution >= 4 is 35.1 Å². The second-order valence-electron chi connectivity index (χ2n) is 6.54. The average molecular weight is 374 g/mol. The summed E-state index contributed by atoms with van der Waals surface area (Å²) in [6.07, 6.45) is 5.16. The summed E-state index contributed by atoms with van der Waals surface area (Å²) in [4.78, 5) is 37.5. The van der Waals surface area contributed by atoms with Gasteiger partial charge in [0.05, 0.1) is 11.1 Å². The van der Waals surface area contributed by atoms with Crippen LogP contribution in [-0.4, -0.2) is 40.3 Å². The lowest BCUT2D eigenvalue weighted by Crippen LogP contribution is -2.49. The van der Waals surface area contributed by atoms with Crippen LogP contribution in [0.2, 0.25) is 0 Å². The Labute approximate surface area is 157 Å². The molecule has 1 saturated carbocycles. The van der Waals surface area contributed by atoms with Crippen molar-refractivity contribution in [1.82, 2.24) is 21.1 Å². The Kier molecular flexibility index (Phi) is 5.82. The van der Waals surface area contributed by atoms with E-state index < -0.39 is 0 Å². The summed E-state index contributed by atoms with van der Waals surface area (Å²) in [5.41, 5.74) is 6.08. The van der Waals surface area contributed by atoms with Crippen molar-refractivity contribution in [3.8, 4) is 0 Å². The third-order valence-electron chi connectivity index (χ3n) is 4.67. The fraction of sp³-hybridized carbons (Fsp3) is 0.444. The fourth-order valence-corrected chi connectivity index (χ4v) is 3.54. The zero-order chi connectivity index (χ0) is 18.5. The Morgan fingerprint density at radius 3 is 2.31 bits per heavy atom. The van der Waals surface area contributed by atoms with Crippen molar-refractivity contribution in [2.24, 2.45) is 0 Å². The predicted octanol–water partition coefficient (Wildman–Crippen LogP) is 1.50. The SMILES string of the molecule is O=C(CCCN1C(=O)c2ccccc2C1=O)NNC(=S)NC1CCCC1. The Bertz CT molecular complexity index is 696. The Morgan fingerprint density at radius 1 is 1.08 bits per heavy atom. The van der Waals surface area contributed by atoms with Crippen molar-refractivity contribution in [2.75, 3.05) is 6.54 Å². The van der Waals surface area contributed by atoms with E-state index in [2.05, 4.69) is 16.2 Å². The summed E-state index contributed by atoms with van der Waals surface area (Å²) >= 11 is 5.15. The van der Waals surface area contributed by atoms with Crippen LogP contribution in [0, 0.1) is 0 Å². The highest BCUT2D eigenvalue weighted by atomic mass is 32.1. The molecular formula is C18H22N4O3S. The van der Waals surface area contributed by atoms with Gasteiger partial charge in [-0.05, 0) is 43.6 Å². The Balaban J connectivity index is 1.37. The van der Waals surface area contributed by atoms with Gasteiger partial charge < -0.3 is 5.32 Å². The molecule has 0 bridgehead atoms. The summed E-state index contributed by atoms with van der Waals surface area (Å²) in [7, 11) is 0.